The third-order valence-corrected chi connectivity index (χ3v) is 4.82. The highest BCUT2D eigenvalue weighted by Gasteiger charge is 2.50. The summed E-state index contributed by atoms with van der Waals surface area (Å²) in [5, 5.41) is 0. The first-order chi connectivity index (χ1) is 12.5. The zero-order valence-corrected chi connectivity index (χ0v) is 14.5. The maximum Gasteiger partial charge on any atom is 0.255 e. The van der Waals surface area contributed by atoms with Crippen LogP contribution < -0.4 is 4.74 Å². The summed E-state index contributed by atoms with van der Waals surface area (Å²) in [6, 6.07) is 4.69. The lowest BCUT2D eigenvalue weighted by Crippen LogP contribution is -2.67. The van der Waals surface area contributed by atoms with Crippen molar-refractivity contribution in [2.45, 2.75) is 31.5 Å². The first kappa shape index (κ1) is 16.9. The summed E-state index contributed by atoms with van der Waals surface area (Å²) < 4.78 is 25.4. The minimum Gasteiger partial charge on any atom is -0.472 e. The Balaban J connectivity index is 1.38. The lowest BCUT2D eigenvalue weighted by Gasteiger charge is -2.52. The molecule has 2 aromatic heterocycles. The third-order valence-electron chi connectivity index (χ3n) is 4.82. The number of hydrogen-bond acceptors (Lipinski definition) is 5. The molecule has 0 saturated carbocycles. The second kappa shape index (κ2) is 6.64. The number of halogens is 1. The minimum absolute atomic E-state index is 0.0210. The molecule has 7 heteroatoms. The van der Waals surface area contributed by atoms with E-state index in [0.29, 0.717) is 38.1 Å². The second-order valence-corrected chi connectivity index (χ2v) is 6.97. The van der Waals surface area contributed by atoms with Gasteiger partial charge in [0, 0.05) is 31.4 Å². The highest BCUT2D eigenvalue weighted by Crippen LogP contribution is 2.36. The largest absolute Gasteiger partial charge is 0.472 e. The van der Waals surface area contributed by atoms with Crippen LogP contribution in [0.4, 0.5) is 4.39 Å². The summed E-state index contributed by atoms with van der Waals surface area (Å²) in [5.74, 6) is -0.493. The van der Waals surface area contributed by atoms with Crippen molar-refractivity contribution in [3.63, 3.8) is 0 Å². The number of ether oxygens (including phenoxy) is 2. The smallest absolute Gasteiger partial charge is 0.255 e. The SMILES string of the molecule is Cc1cncc(C(=O)N2CC3(CC(Oc4ncccc4F)CCO3)C2)c1. The molecule has 0 N–H and O–H groups in total. The molecular weight excluding hydrogens is 337 g/mol. The molecule has 2 fully saturated rings. The molecular formula is C19H20FN3O3. The van der Waals surface area contributed by atoms with Crippen molar-refractivity contribution in [2.75, 3.05) is 19.7 Å². The van der Waals surface area contributed by atoms with Gasteiger partial charge in [-0.15, -0.1) is 0 Å². The van der Waals surface area contributed by atoms with Gasteiger partial charge in [-0.3, -0.25) is 9.78 Å². The van der Waals surface area contributed by atoms with Gasteiger partial charge in [0.15, 0.2) is 5.82 Å². The van der Waals surface area contributed by atoms with Crippen LogP contribution in [0.25, 0.3) is 0 Å². The molecule has 0 aliphatic carbocycles. The van der Waals surface area contributed by atoms with E-state index in [1.165, 1.54) is 18.3 Å². The fraction of sp³-hybridized carbons (Fsp3) is 0.421. The maximum atomic E-state index is 13.7. The van der Waals surface area contributed by atoms with Crippen LogP contribution in [0.15, 0.2) is 36.8 Å². The van der Waals surface area contributed by atoms with Crippen molar-refractivity contribution in [2.24, 2.45) is 0 Å². The number of likely N-dealkylation sites (tertiary alicyclic amines) is 1. The van der Waals surface area contributed by atoms with E-state index in [4.69, 9.17) is 9.47 Å². The molecule has 6 nitrogen and oxygen atoms in total. The Morgan fingerprint density at radius 3 is 3.04 bits per heavy atom. The van der Waals surface area contributed by atoms with E-state index < -0.39 is 11.4 Å². The van der Waals surface area contributed by atoms with Gasteiger partial charge in [-0.05, 0) is 30.7 Å². The van der Waals surface area contributed by atoms with Gasteiger partial charge in [-0.2, -0.15) is 0 Å². The van der Waals surface area contributed by atoms with Crippen molar-refractivity contribution in [1.29, 1.82) is 0 Å². The molecule has 0 aromatic carbocycles. The summed E-state index contributed by atoms with van der Waals surface area (Å²) in [6.07, 6.45) is 5.92. The molecule has 2 aliphatic heterocycles. The van der Waals surface area contributed by atoms with E-state index in [9.17, 15) is 9.18 Å². The number of carbonyl (C=O) groups excluding carboxylic acids is 1. The van der Waals surface area contributed by atoms with Gasteiger partial charge in [-0.1, -0.05) is 0 Å². The molecule has 4 heterocycles. The number of amides is 1. The van der Waals surface area contributed by atoms with Crippen molar-refractivity contribution in [1.82, 2.24) is 14.9 Å². The number of pyridine rings is 2. The van der Waals surface area contributed by atoms with Crippen LogP contribution in [0.5, 0.6) is 5.88 Å². The van der Waals surface area contributed by atoms with E-state index in [-0.39, 0.29) is 17.9 Å². The van der Waals surface area contributed by atoms with Crippen LogP contribution in [0.2, 0.25) is 0 Å². The van der Waals surface area contributed by atoms with Crippen molar-refractivity contribution >= 4 is 5.91 Å². The van der Waals surface area contributed by atoms with Gasteiger partial charge in [0.1, 0.15) is 11.7 Å². The Kier molecular flexibility index (Phi) is 4.32. The molecule has 0 bridgehead atoms. The Bertz CT molecular complexity index is 823. The molecule has 136 valence electrons. The highest BCUT2D eigenvalue weighted by molar-refractivity contribution is 5.94. The number of hydrogen-bond donors (Lipinski definition) is 0. The van der Waals surface area contributed by atoms with Crippen LogP contribution in [0.1, 0.15) is 28.8 Å². The van der Waals surface area contributed by atoms with Gasteiger partial charge in [0.2, 0.25) is 0 Å². The zero-order valence-electron chi connectivity index (χ0n) is 14.5. The standard InChI is InChI=1S/C19H20FN3O3/c1-13-7-14(10-21-9-13)18(24)23-11-19(12-23)8-15(4-6-25-19)26-17-16(20)3-2-5-22-17/h2-3,5,7,9-10,15H,4,6,8,11-12H2,1H3. The first-order valence-electron chi connectivity index (χ1n) is 8.67. The molecule has 0 radical (unpaired) electrons. The maximum absolute atomic E-state index is 13.7. The number of rotatable bonds is 3. The number of aryl methyl sites for hydroxylation is 1. The predicted octanol–water partition coefficient (Wildman–Crippen LogP) is 2.38. The van der Waals surface area contributed by atoms with E-state index in [0.717, 1.165) is 5.56 Å². The van der Waals surface area contributed by atoms with E-state index >= 15 is 0 Å². The molecule has 2 aromatic rings. The van der Waals surface area contributed by atoms with Crippen molar-refractivity contribution in [3.05, 3.63) is 53.7 Å². The lowest BCUT2D eigenvalue weighted by atomic mass is 9.84. The highest BCUT2D eigenvalue weighted by atomic mass is 19.1. The van der Waals surface area contributed by atoms with Gasteiger partial charge in [0.25, 0.3) is 11.8 Å². The van der Waals surface area contributed by atoms with E-state index in [1.807, 2.05) is 13.0 Å². The fourth-order valence-corrected chi connectivity index (χ4v) is 3.57. The molecule has 1 atom stereocenters. The number of aromatic nitrogens is 2. The Hall–Kier alpha value is -2.54. The van der Waals surface area contributed by atoms with E-state index in [2.05, 4.69) is 9.97 Å². The Morgan fingerprint density at radius 1 is 1.42 bits per heavy atom. The lowest BCUT2D eigenvalue weighted by molar-refractivity contribution is -0.174. The topological polar surface area (TPSA) is 64.6 Å². The summed E-state index contributed by atoms with van der Waals surface area (Å²) >= 11 is 0. The van der Waals surface area contributed by atoms with Crippen LogP contribution in [-0.4, -0.2) is 52.2 Å². The summed E-state index contributed by atoms with van der Waals surface area (Å²) in [4.78, 5) is 22.3. The first-order valence-corrected chi connectivity index (χ1v) is 8.67. The Morgan fingerprint density at radius 2 is 2.27 bits per heavy atom. The quantitative estimate of drug-likeness (QED) is 0.844. The summed E-state index contributed by atoms with van der Waals surface area (Å²) in [6.45, 7) is 3.44. The minimum atomic E-state index is -0.467. The Labute approximate surface area is 151 Å². The summed E-state index contributed by atoms with van der Waals surface area (Å²) in [5.41, 5.74) is 1.12. The summed E-state index contributed by atoms with van der Waals surface area (Å²) in [7, 11) is 0. The van der Waals surface area contributed by atoms with Crippen molar-refractivity contribution in [3.8, 4) is 5.88 Å². The zero-order chi connectivity index (χ0) is 18.1. The van der Waals surface area contributed by atoms with Crippen LogP contribution >= 0.6 is 0 Å². The van der Waals surface area contributed by atoms with Crippen LogP contribution in [0.3, 0.4) is 0 Å². The molecule has 1 spiro atoms. The average Bonchev–Trinajstić information content (AvgIpc) is 2.61. The van der Waals surface area contributed by atoms with Crippen LogP contribution in [-0.2, 0) is 4.74 Å². The van der Waals surface area contributed by atoms with Crippen LogP contribution in [0, 0.1) is 12.7 Å². The van der Waals surface area contributed by atoms with Gasteiger partial charge in [-0.25, -0.2) is 9.37 Å². The third kappa shape index (κ3) is 3.26. The van der Waals surface area contributed by atoms with Crippen molar-refractivity contribution < 1.29 is 18.7 Å². The second-order valence-electron chi connectivity index (χ2n) is 6.97. The molecule has 4 rings (SSSR count). The number of carbonyl (C=O) groups is 1. The van der Waals surface area contributed by atoms with Gasteiger partial charge >= 0.3 is 0 Å². The normalized spacial score (nSPS) is 21.3. The molecule has 26 heavy (non-hydrogen) atoms. The van der Waals surface area contributed by atoms with Gasteiger partial charge < -0.3 is 14.4 Å². The predicted molar refractivity (Wildman–Crippen MR) is 91.4 cm³/mol. The van der Waals surface area contributed by atoms with Gasteiger partial charge in [0.05, 0.1) is 25.3 Å². The molecule has 2 saturated heterocycles. The monoisotopic (exact) mass is 357 g/mol. The van der Waals surface area contributed by atoms with E-state index in [1.54, 1.807) is 17.3 Å². The fourth-order valence-electron chi connectivity index (χ4n) is 3.57. The molecule has 1 unspecified atom stereocenters. The average molecular weight is 357 g/mol. The number of nitrogens with zero attached hydrogens (tertiary/aromatic N) is 3. The molecule has 1 amide bonds. The molecule has 2 aliphatic rings.